The molecule has 0 atom stereocenters. The molecule has 2 rings (SSSR count). The highest BCUT2D eigenvalue weighted by molar-refractivity contribution is 7.80. The lowest BCUT2D eigenvalue weighted by molar-refractivity contribution is -0.0665. The molecule has 2 saturated carbocycles. The lowest BCUT2D eigenvalue weighted by atomic mass is 9.80. The summed E-state index contributed by atoms with van der Waals surface area (Å²) in [4.78, 5) is 0. The molecule has 0 unspecified atom stereocenters. The fourth-order valence-corrected chi connectivity index (χ4v) is 2.99. The number of rotatable bonds is 4. The predicted octanol–water partition coefficient (Wildman–Crippen LogP) is 2.35. The van der Waals surface area contributed by atoms with Crippen molar-refractivity contribution in [3.8, 4) is 0 Å². The zero-order chi connectivity index (χ0) is 12.1. The van der Waals surface area contributed by atoms with E-state index in [1.165, 1.54) is 38.5 Å². The molecule has 0 amide bonds. The third kappa shape index (κ3) is 3.55. The van der Waals surface area contributed by atoms with E-state index in [2.05, 4.69) is 10.6 Å². The van der Waals surface area contributed by atoms with Gasteiger partial charge in [-0.05, 0) is 44.3 Å². The molecular weight excluding hydrogens is 232 g/mol. The van der Waals surface area contributed by atoms with Crippen molar-refractivity contribution in [1.29, 1.82) is 0 Å². The zero-order valence-corrected chi connectivity index (χ0v) is 11.6. The number of ether oxygens (including phenoxy) is 1. The van der Waals surface area contributed by atoms with Gasteiger partial charge in [-0.25, -0.2) is 0 Å². The van der Waals surface area contributed by atoms with E-state index < -0.39 is 0 Å². The van der Waals surface area contributed by atoms with Gasteiger partial charge in [-0.1, -0.05) is 19.3 Å². The van der Waals surface area contributed by atoms with Gasteiger partial charge in [0.25, 0.3) is 0 Å². The van der Waals surface area contributed by atoms with Crippen molar-refractivity contribution in [2.45, 2.75) is 63.0 Å². The molecule has 0 heterocycles. The van der Waals surface area contributed by atoms with Crippen LogP contribution in [0.1, 0.15) is 51.4 Å². The number of thiocarbonyl (C=S) groups is 1. The summed E-state index contributed by atoms with van der Waals surface area (Å²) in [6.45, 7) is 0.849. The highest BCUT2D eigenvalue weighted by Crippen LogP contribution is 2.34. The van der Waals surface area contributed by atoms with Crippen molar-refractivity contribution < 1.29 is 4.74 Å². The van der Waals surface area contributed by atoms with E-state index in [4.69, 9.17) is 17.0 Å². The molecule has 0 aliphatic heterocycles. The molecule has 17 heavy (non-hydrogen) atoms. The number of nitrogens with one attached hydrogen (secondary N) is 2. The highest BCUT2D eigenvalue weighted by atomic mass is 32.1. The Kier molecular flexibility index (Phi) is 4.62. The Balaban J connectivity index is 1.66. The van der Waals surface area contributed by atoms with Crippen molar-refractivity contribution in [3.63, 3.8) is 0 Å². The van der Waals surface area contributed by atoms with Gasteiger partial charge in [-0.15, -0.1) is 0 Å². The Morgan fingerprint density at radius 3 is 2.47 bits per heavy atom. The van der Waals surface area contributed by atoms with Gasteiger partial charge >= 0.3 is 0 Å². The number of hydrogen-bond acceptors (Lipinski definition) is 2. The fourth-order valence-electron chi connectivity index (χ4n) is 2.75. The van der Waals surface area contributed by atoms with Crippen molar-refractivity contribution >= 4 is 17.3 Å². The smallest absolute Gasteiger partial charge is 0.166 e. The maximum atomic E-state index is 5.56. The summed E-state index contributed by atoms with van der Waals surface area (Å²) in [6.07, 6.45) is 10.2. The van der Waals surface area contributed by atoms with E-state index in [0.717, 1.165) is 24.5 Å². The van der Waals surface area contributed by atoms with Crippen molar-refractivity contribution in [1.82, 2.24) is 10.6 Å². The minimum absolute atomic E-state index is 0.0539. The van der Waals surface area contributed by atoms with Crippen LogP contribution in [-0.2, 0) is 4.74 Å². The van der Waals surface area contributed by atoms with Crippen LogP contribution in [0.5, 0.6) is 0 Å². The second-order valence-corrected chi connectivity index (χ2v) is 5.81. The summed E-state index contributed by atoms with van der Waals surface area (Å²) < 4.78 is 5.56. The Morgan fingerprint density at radius 1 is 1.24 bits per heavy atom. The van der Waals surface area contributed by atoms with Gasteiger partial charge in [-0.2, -0.15) is 0 Å². The number of methoxy groups -OCH3 is 1. The van der Waals surface area contributed by atoms with Crippen LogP contribution >= 0.6 is 12.2 Å². The lowest BCUT2D eigenvalue weighted by Crippen LogP contribution is -2.52. The molecule has 2 aliphatic rings. The molecular formula is C13H24N2OS. The lowest BCUT2D eigenvalue weighted by Gasteiger charge is -2.41. The molecule has 0 saturated heterocycles. The van der Waals surface area contributed by atoms with E-state index >= 15 is 0 Å². The van der Waals surface area contributed by atoms with Crippen LogP contribution < -0.4 is 10.6 Å². The second kappa shape index (κ2) is 6.01. The third-order valence-electron chi connectivity index (χ3n) is 4.21. The normalized spacial score (nSPS) is 23.8. The third-order valence-corrected chi connectivity index (χ3v) is 4.47. The predicted molar refractivity (Wildman–Crippen MR) is 74.2 cm³/mol. The summed E-state index contributed by atoms with van der Waals surface area (Å²) in [5.74, 6) is 0. The van der Waals surface area contributed by atoms with Gasteiger partial charge in [-0.3, -0.25) is 0 Å². The highest BCUT2D eigenvalue weighted by Gasteiger charge is 2.36. The van der Waals surface area contributed by atoms with Gasteiger partial charge in [0.1, 0.15) is 0 Å². The van der Waals surface area contributed by atoms with E-state index in [1.807, 2.05) is 0 Å². The Morgan fingerprint density at radius 2 is 1.94 bits per heavy atom. The molecule has 2 aliphatic carbocycles. The number of hydrogen-bond donors (Lipinski definition) is 2. The van der Waals surface area contributed by atoms with E-state index in [0.29, 0.717) is 6.04 Å². The van der Waals surface area contributed by atoms with Gasteiger partial charge in [0, 0.05) is 19.7 Å². The molecule has 0 radical (unpaired) electrons. The average molecular weight is 256 g/mol. The van der Waals surface area contributed by atoms with Crippen LogP contribution in [0, 0.1) is 0 Å². The summed E-state index contributed by atoms with van der Waals surface area (Å²) in [6, 6.07) is 0.587. The van der Waals surface area contributed by atoms with Crippen molar-refractivity contribution in [2.24, 2.45) is 0 Å². The SMILES string of the molecule is COC1(CNC(=S)NC2CCCCC2)CCC1. The van der Waals surface area contributed by atoms with Crippen LogP contribution in [0.4, 0.5) is 0 Å². The summed E-state index contributed by atoms with van der Waals surface area (Å²) in [7, 11) is 1.80. The fraction of sp³-hybridized carbons (Fsp3) is 0.923. The van der Waals surface area contributed by atoms with Gasteiger partial charge in [0.15, 0.2) is 5.11 Å². The molecule has 3 nitrogen and oxygen atoms in total. The van der Waals surface area contributed by atoms with Gasteiger partial charge in [0.05, 0.1) is 5.60 Å². The zero-order valence-electron chi connectivity index (χ0n) is 10.8. The molecule has 4 heteroatoms. The van der Waals surface area contributed by atoms with Crippen LogP contribution in [0.25, 0.3) is 0 Å². The summed E-state index contributed by atoms with van der Waals surface area (Å²) >= 11 is 5.34. The topological polar surface area (TPSA) is 33.3 Å². The maximum Gasteiger partial charge on any atom is 0.166 e. The quantitative estimate of drug-likeness (QED) is 0.757. The molecule has 0 spiro atoms. The van der Waals surface area contributed by atoms with Crippen molar-refractivity contribution in [2.75, 3.05) is 13.7 Å². The van der Waals surface area contributed by atoms with Crippen LogP contribution in [-0.4, -0.2) is 30.4 Å². The molecule has 0 aromatic rings. The first-order chi connectivity index (χ1) is 8.24. The first-order valence-electron chi connectivity index (χ1n) is 6.84. The molecule has 98 valence electrons. The molecule has 2 N–H and O–H groups in total. The minimum Gasteiger partial charge on any atom is -0.376 e. The Labute approximate surface area is 110 Å². The summed E-state index contributed by atoms with van der Waals surface area (Å²) in [5.41, 5.74) is 0.0539. The monoisotopic (exact) mass is 256 g/mol. The standard InChI is InChI=1S/C13H24N2OS/c1-16-13(8-5-9-13)10-14-12(17)15-11-6-3-2-4-7-11/h11H,2-10H2,1H3,(H2,14,15,17). The molecule has 0 aromatic carbocycles. The largest absolute Gasteiger partial charge is 0.376 e. The van der Waals surface area contributed by atoms with Crippen LogP contribution in [0.3, 0.4) is 0 Å². The molecule has 0 bridgehead atoms. The van der Waals surface area contributed by atoms with Gasteiger partial charge in [0.2, 0.25) is 0 Å². The Bertz CT molecular complexity index is 255. The Hall–Kier alpha value is -0.350. The first-order valence-corrected chi connectivity index (χ1v) is 7.24. The molecule has 2 fully saturated rings. The molecule has 0 aromatic heterocycles. The maximum absolute atomic E-state index is 5.56. The second-order valence-electron chi connectivity index (χ2n) is 5.40. The van der Waals surface area contributed by atoms with Crippen LogP contribution in [0.2, 0.25) is 0 Å². The summed E-state index contributed by atoms with van der Waals surface area (Å²) in [5, 5.41) is 7.55. The minimum atomic E-state index is 0.0539. The van der Waals surface area contributed by atoms with E-state index in [9.17, 15) is 0 Å². The van der Waals surface area contributed by atoms with Crippen LogP contribution in [0.15, 0.2) is 0 Å². The first kappa shape index (κ1) is 13.1. The van der Waals surface area contributed by atoms with Crippen molar-refractivity contribution in [3.05, 3.63) is 0 Å². The van der Waals surface area contributed by atoms with E-state index in [-0.39, 0.29) is 5.60 Å². The van der Waals surface area contributed by atoms with E-state index in [1.54, 1.807) is 7.11 Å². The van der Waals surface area contributed by atoms with Gasteiger partial charge < -0.3 is 15.4 Å². The average Bonchev–Trinajstić information content (AvgIpc) is 2.29.